The summed E-state index contributed by atoms with van der Waals surface area (Å²) in [5.74, 6) is -0.259. The Morgan fingerprint density at radius 2 is 1.55 bits per heavy atom. The van der Waals surface area contributed by atoms with Gasteiger partial charge in [-0.2, -0.15) is 14.8 Å². The summed E-state index contributed by atoms with van der Waals surface area (Å²) in [6, 6.07) is 13.9. The minimum atomic E-state index is -3.93. The molecule has 40 heavy (non-hydrogen) atoms. The van der Waals surface area contributed by atoms with Crippen LogP contribution in [-0.2, 0) is 10.0 Å². The van der Waals surface area contributed by atoms with Crippen molar-refractivity contribution in [3.8, 4) is 12.1 Å². The van der Waals surface area contributed by atoms with Gasteiger partial charge in [-0.1, -0.05) is 31.3 Å². The average Bonchev–Trinajstić information content (AvgIpc) is 3.35. The van der Waals surface area contributed by atoms with Gasteiger partial charge in [-0.25, -0.2) is 13.4 Å². The third kappa shape index (κ3) is 7.78. The fourth-order valence-electron chi connectivity index (χ4n) is 4.32. The first-order valence-corrected chi connectivity index (χ1v) is 15.2. The second-order valence-electron chi connectivity index (χ2n) is 9.15. The molecule has 0 aliphatic carbocycles. The van der Waals surface area contributed by atoms with E-state index in [2.05, 4.69) is 30.9 Å². The Hall–Kier alpha value is -3.06. The molecule has 0 aliphatic rings. The zero-order valence-corrected chi connectivity index (χ0v) is 25.7. The van der Waals surface area contributed by atoms with Crippen LogP contribution in [-0.4, -0.2) is 67.8 Å². The second kappa shape index (κ2) is 15.1. The highest BCUT2D eigenvalue weighted by Crippen LogP contribution is 2.32. The van der Waals surface area contributed by atoms with Crippen molar-refractivity contribution in [3.05, 3.63) is 53.1 Å². The van der Waals surface area contributed by atoms with Crippen LogP contribution in [0.2, 0.25) is 0 Å². The average molecular weight is 603 g/mol. The molecule has 3 aromatic rings. The molecule has 0 N–H and O–H groups in total. The van der Waals surface area contributed by atoms with Gasteiger partial charge in [0, 0.05) is 44.6 Å². The van der Waals surface area contributed by atoms with Crippen LogP contribution in [0.4, 0.5) is 5.13 Å². The van der Waals surface area contributed by atoms with Gasteiger partial charge in [0.1, 0.15) is 0 Å². The summed E-state index contributed by atoms with van der Waals surface area (Å²) >= 11 is 1.47. The third-order valence-electron chi connectivity index (χ3n) is 6.51. The molecule has 3 rings (SSSR count). The molecule has 0 radical (unpaired) electrons. The molecular formula is C28H35ClN6O3S2. The number of hydrogen-bond acceptors (Lipinski definition) is 8. The van der Waals surface area contributed by atoms with E-state index < -0.39 is 10.0 Å². The number of aryl methyl sites for hydroxylation is 2. The third-order valence-corrected chi connectivity index (χ3v) is 9.45. The molecule has 12 heteroatoms. The second-order valence-corrected chi connectivity index (χ2v) is 12.1. The number of likely N-dealkylation sites (N-methyl/N-ethyl adjacent to an activating group) is 1. The van der Waals surface area contributed by atoms with E-state index in [1.807, 2.05) is 26.0 Å². The number of amides is 1. The molecule has 0 bridgehead atoms. The molecule has 0 unspecified atom stereocenters. The molecule has 0 fully saturated rings. The van der Waals surface area contributed by atoms with Gasteiger partial charge in [-0.15, -0.1) is 12.4 Å². The van der Waals surface area contributed by atoms with E-state index in [0.29, 0.717) is 23.8 Å². The van der Waals surface area contributed by atoms with Crippen molar-refractivity contribution in [2.24, 2.45) is 0 Å². The number of carbonyl (C=O) groups is 1. The number of thiazole rings is 1. The van der Waals surface area contributed by atoms with E-state index in [9.17, 15) is 13.2 Å². The van der Waals surface area contributed by atoms with Gasteiger partial charge in [-0.05, 0) is 68.4 Å². The Bertz CT molecular complexity index is 1470. The number of rotatable bonds is 13. The Kier molecular flexibility index (Phi) is 12.5. The van der Waals surface area contributed by atoms with Crippen LogP contribution in [0.25, 0.3) is 10.2 Å². The summed E-state index contributed by atoms with van der Waals surface area (Å²) in [6.07, 6.45) is 0.0355. The summed E-state index contributed by atoms with van der Waals surface area (Å²) in [6.45, 7) is 11.0. The minimum absolute atomic E-state index is 0. The Morgan fingerprint density at radius 3 is 2.10 bits per heavy atom. The summed E-state index contributed by atoms with van der Waals surface area (Å²) in [4.78, 5) is 22.5. The standard InChI is InChI=1S/C28H34N6O3S2.ClH/c1-5-32(6-2)17-18-34(28-31-26-22(4)19-21(3)20-25(26)38-28)27(35)23-9-11-24(12-10-23)39(36,37)33(15-7-13-29)16-8-14-30;/h9-12,19-20H,5-8,15-18H2,1-4H3;1H. The lowest BCUT2D eigenvalue weighted by Crippen LogP contribution is -2.39. The lowest BCUT2D eigenvalue weighted by Gasteiger charge is -2.25. The predicted octanol–water partition coefficient (Wildman–Crippen LogP) is 5.14. The van der Waals surface area contributed by atoms with Crippen LogP contribution in [0.15, 0.2) is 41.3 Å². The van der Waals surface area contributed by atoms with Crippen molar-refractivity contribution in [2.75, 3.05) is 44.2 Å². The molecule has 0 spiro atoms. The number of nitrogens with zero attached hydrogens (tertiary/aromatic N) is 6. The number of aromatic nitrogens is 1. The molecule has 0 atom stereocenters. The summed E-state index contributed by atoms with van der Waals surface area (Å²) < 4.78 is 28.5. The van der Waals surface area contributed by atoms with Gasteiger partial charge in [-0.3, -0.25) is 9.69 Å². The first-order chi connectivity index (χ1) is 18.7. The molecule has 214 valence electrons. The molecule has 1 heterocycles. The number of fused-ring (bicyclic) bond motifs is 1. The molecular weight excluding hydrogens is 568 g/mol. The van der Waals surface area contributed by atoms with Crippen molar-refractivity contribution < 1.29 is 13.2 Å². The van der Waals surface area contributed by atoms with Crippen LogP contribution in [0.5, 0.6) is 0 Å². The minimum Gasteiger partial charge on any atom is -0.302 e. The zero-order chi connectivity index (χ0) is 28.6. The van der Waals surface area contributed by atoms with Crippen molar-refractivity contribution in [1.29, 1.82) is 10.5 Å². The van der Waals surface area contributed by atoms with Gasteiger partial charge in [0.25, 0.3) is 5.91 Å². The van der Waals surface area contributed by atoms with E-state index in [1.54, 1.807) is 4.90 Å². The van der Waals surface area contributed by atoms with E-state index in [1.165, 1.54) is 35.6 Å². The number of anilines is 1. The maximum absolute atomic E-state index is 13.8. The van der Waals surface area contributed by atoms with E-state index in [0.717, 1.165) is 38.7 Å². The van der Waals surface area contributed by atoms with Gasteiger partial charge < -0.3 is 4.90 Å². The number of hydrogen-bond donors (Lipinski definition) is 0. The van der Waals surface area contributed by atoms with Gasteiger partial charge in [0.15, 0.2) is 5.13 Å². The zero-order valence-electron chi connectivity index (χ0n) is 23.3. The molecule has 0 saturated carbocycles. The van der Waals surface area contributed by atoms with Crippen molar-refractivity contribution in [2.45, 2.75) is 45.4 Å². The molecule has 1 amide bonds. The van der Waals surface area contributed by atoms with Crippen LogP contribution >= 0.6 is 23.7 Å². The van der Waals surface area contributed by atoms with Crippen LogP contribution in [0, 0.1) is 36.5 Å². The lowest BCUT2D eigenvalue weighted by atomic mass is 10.1. The molecule has 9 nitrogen and oxygen atoms in total. The fraction of sp³-hybridized carbons (Fsp3) is 0.429. The molecule has 1 aromatic heterocycles. The maximum Gasteiger partial charge on any atom is 0.260 e. The Morgan fingerprint density at radius 1 is 0.950 bits per heavy atom. The first kappa shape index (κ1) is 33.1. The quantitative estimate of drug-likeness (QED) is 0.265. The number of halogens is 1. The van der Waals surface area contributed by atoms with Gasteiger partial charge >= 0.3 is 0 Å². The number of benzene rings is 2. The summed E-state index contributed by atoms with van der Waals surface area (Å²) in [5, 5.41) is 18.4. The highest BCUT2D eigenvalue weighted by atomic mass is 35.5. The van der Waals surface area contributed by atoms with Crippen molar-refractivity contribution in [3.63, 3.8) is 0 Å². The molecule has 0 saturated heterocycles. The number of nitriles is 2. The van der Waals surface area contributed by atoms with E-state index in [-0.39, 0.29) is 49.1 Å². The highest BCUT2D eigenvalue weighted by molar-refractivity contribution is 7.89. The highest BCUT2D eigenvalue weighted by Gasteiger charge is 2.26. The summed E-state index contributed by atoms with van der Waals surface area (Å²) in [5.41, 5.74) is 3.40. The maximum atomic E-state index is 13.8. The van der Waals surface area contributed by atoms with E-state index >= 15 is 0 Å². The first-order valence-electron chi connectivity index (χ1n) is 12.9. The normalized spacial score (nSPS) is 11.3. The Balaban J connectivity index is 0.00000560. The fourth-order valence-corrected chi connectivity index (χ4v) is 6.92. The number of carbonyl (C=O) groups excluding carboxylic acids is 1. The molecule has 2 aromatic carbocycles. The topological polar surface area (TPSA) is 121 Å². The summed E-state index contributed by atoms with van der Waals surface area (Å²) in [7, 11) is -3.93. The van der Waals surface area contributed by atoms with E-state index in [4.69, 9.17) is 15.5 Å². The van der Waals surface area contributed by atoms with Crippen LogP contribution in [0.3, 0.4) is 0 Å². The van der Waals surface area contributed by atoms with Crippen LogP contribution in [0.1, 0.15) is 48.2 Å². The van der Waals surface area contributed by atoms with Crippen LogP contribution < -0.4 is 4.90 Å². The lowest BCUT2D eigenvalue weighted by molar-refractivity contribution is 0.0983. The molecule has 0 aliphatic heterocycles. The van der Waals surface area contributed by atoms with Crippen molar-refractivity contribution >= 4 is 55.0 Å². The monoisotopic (exact) mass is 602 g/mol. The van der Waals surface area contributed by atoms with Gasteiger partial charge in [0.05, 0.1) is 27.3 Å². The largest absolute Gasteiger partial charge is 0.302 e. The van der Waals surface area contributed by atoms with Crippen molar-refractivity contribution in [1.82, 2.24) is 14.2 Å². The van der Waals surface area contributed by atoms with Gasteiger partial charge in [0.2, 0.25) is 10.0 Å². The SMILES string of the molecule is CCN(CC)CCN(C(=O)c1ccc(S(=O)(=O)N(CCC#N)CCC#N)cc1)c1nc2c(C)cc(C)cc2s1.Cl. The Labute approximate surface area is 247 Å². The number of sulfonamides is 1. The predicted molar refractivity (Wildman–Crippen MR) is 161 cm³/mol. The smallest absolute Gasteiger partial charge is 0.260 e.